The minimum absolute atomic E-state index is 0.124. The number of nitrogens with zero attached hydrogens (tertiary/aromatic N) is 3. The van der Waals surface area contributed by atoms with Crippen LogP contribution in [0.2, 0.25) is 10.0 Å². The van der Waals surface area contributed by atoms with Crippen LogP contribution in [0.4, 0.5) is 0 Å². The molecule has 1 spiro atoms. The summed E-state index contributed by atoms with van der Waals surface area (Å²) in [6.45, 7) is 2.89. The Kier molecular flexibility index (Phi) is 5.33. The van der Waals surface area contributed by atoms with Gasteiger partial charge in [-0.25, -0.2) is 5.01 Å². The van der Waals surface area contributed by atoms with Crippen LogP contribution >= 0.6 is 23.2 Å². The fourth-order valence-electron chi connectivity index (χ4n) is 5.30. The minimum atomic E-state index is -0.438. The molecule has 3 heterocycles. The molecule has 6 heteroatoms. The first-order chi connectivity index (χ1) is 16.1. The van der Waals surface area contributed by atoms with Gasteiger partial charge in [-0.2, -0.15) is 5.10 Å². The predicted molar refractivity (Wildman–Crippen MR) is 133 cm³/mol. The van der Waals surface area contributed by atoms with Crippen LogP contribution in [0.25, 0.3) is 0 Å². The molecule has 0 amide bonds. The molecule has 6 rings (SSSR count). The van der Waals surface area contributed by atoms with Crippen LogP contribution in [0.15, 0.2) is 77.9 Å². The number of fused-ring (bicyclic) bond motifs is 4. The van der Waals surface area contributed by atoms with Crippen molar-refractivity contribution in [3.8, 4) is 5.75 Å². The number of hydrogen-bond acceptors (Lipinski definition) is 4. The van der Waals surface area contributed by atoms with Gasteiger partial charge in [0, 0.05) is 54.5 Å². The van der Waals surface area contributed by atoms with Crippen molar-refractivity contribution in [2.75, 3.05) is 13.1 Å². The van der Waals surface area contributed by atoms with Crippen molar-refractivity contribution < 1.29 is 4.74 Å². The Morgan fingerprint density at radius 1 is 0.909 bits per heavy atom. The molecule has 3 aliphatic rings. The standard InChI is InChI=1S/C27H25Cl2N3O/c28-21-8-6-20(7-9-21)24-17-25-23-16-22(29)10-11-26(23)33-27(32(25)30-24)12-14-31(15-13-27)18-19-4-2-1-3-5-19/h1-11,16,25H,12-15,17-18H2. The normalized spacial score (nSPS) is 21.3. The fourth-order valence-corrected chi connectivity index (χ4v) is 5.61. The highest BCUT2D eigenvalue weighted by Gasteiger charge is 2.51. The van der Waals surface area contributed by atoms with Crippen LogP contribution in [0.3, 0.4) is 0 Å². The monoisotopic (exact) mass is 477 g/mol. The molecule has 0 bridgehead atoms. The van der Waals surface area contributed by atoms with E-state index in [2.05, 4.69) is 52.4 Å². The van der Waals surface area contributed by atoms with Gasteiger partial charge in [0.05, 0.1) is 11.8 Å². The van der Waals surface area contributed by atoms with Crippen molar-refractivity contribution in [1.29, 1.82) is 0 Å². The topological polar surface area (TPSA) is 28.1 Å². The lowest BCUT2D eigenvalue weighted by Gasteiger charge is -2.51. The molecule has 3 aliphatic heterocycles. The Morgan fingerprint density at radius 2 is 1.64 bits per heavy atom. The maximum absolute atomic E-state index is 6.74. The van der Waals surface area contributed by atoms with Gasteiger partial charge in [0.25, 0.3) is 0 Å². The van der Waals surface area contributed by atoms with Crippen LogP contribution in [0.1, 0.15) is 42.0 Å². The summed E-state index contributed by atoms with van der Waals surface area (Å²) in [5, 5.41) is 8.84. The minimum Gasteiger partial charge on any atom is -0.466 e. The van der Waals surface area contributed by atoms with Gasteiger partial charge in [0.1, 0.15) is 5.75 Å². The molecule has 33 heavy (non-hydrogen) atoms. The van der Waals surface area contributed by atoms with Crippen molar-refractivity contribution in [1.82, 2.24) is 9.91 Å². The van der Waals surface area contributed by atoms with E-state index in [9.17, 15) is 0 Å². The highest BCUT2D eigenvalue weighted by Crippen LogP contribution is 2.50. The van der Waals surface area contributed by atoms with Crippen molar-refractivity contribution >= 4 is 28.9 Å². The van der Waals surface area contributed by atoms with Crippen LogP contribution in [0.5, 0.6) is 5.75 Å². The molecule has 1 unspecified atom stereocenters. The highest BCUT2D eigenvalue weighted by molar-refractivity contribution is 6.31. The van der Waals surface area contributed by atoms with Gasteiger partial charge in [-0.15, -0.1) is 0 Å². The molecule has 168 valence electrons. The van der Waals surface area contributed by atoms with Gasteiger partial charge in [0.2, 0.25) is 5.72 Å². The third kappa shape index (κ3) is 3.90. The number of benzene rings is 3. The Hall–Kier alpha value is -2.53. The van der Waals surface area contributed by atoms with Gasteiger partial charge in [-0.1, -0.05) is 65.7 Å². The quantitative estimate of drug-likeness (QED) is 0.429. The van der Waals surface area contributed by atoms with Gasteiger partial charge in [-0.3, -0.25) is 4.90 Å². The molecular weight excluding hydrogens is 453 g/mol. The smallest absolute Gasteiger partial charge is 0.200 e. The number of rotatable bonds is 3. The Balaban J connectivity index is 1.31. The largest absolute Gasteiger partial charge is 0.466 e. The average Bonchev–Trinajstić information content (AvgIpc) is 3.29. The van der Waals surface area contributed by atoms with E-state index >= 15 is 0 Å². The molecule has 1 atom stereocenters. The number of piperidine rings is 1. The van der Waals surface area contributed by atoms with E-state index in [0.29, 0.717) is 0 Å². The molecular formula is C27H25Cl2N3O. The highest BCUT2D eigenvalue weighted by atomic mass is 35.5. The van der Waals surface area contributed by atoms with Crippen LogP contribution in [-0.4, -0.2) is 34.4 Å². The Bertz CT molecular complexity index is 1190. The number of ether oxygens (including phenoxy) is 1. The third-order valence-electron chi connectivity index (χ3n) is 7.02. The van der Waals surface area contributed by atoms with Gasteiger partial charge in [0.15, 0.2) is 0 Å². The van der Waals surface area contributed by atoms with Crippen LogP contribution < -0.4 is 4.74 Å². The summed E-state index contributed by atoms with van der Waals surface area (Å²) >= 11 is 12.5. The van der Waals surface area contributed by atoms with Crippen molar-refractivity contribution in [2.45, 2.75) is 37.6 Å². The molecule has 3 aromatic carbocycles. The predicted octanol–water partition coefficient (Wildman–Crippen LogP) is 6.53. The van der Waals surface area contributed by atoms with Crippen molar-refractivity contribution in [3.63, 3.8) is 0 Å². The summed E-state index contributed by atoms with van der Waals surface area (Å²) in [6, 6.07) is 24.7. The van der Waals surface area contributed by atoms with E-state index in [1.165, 1.54) is 5.56 Å². The summed E-state index contributed by atoms with van der Waals surface area (Å²) in [6.07, 6.45) is 2.62. The summed E-state index contributed by atoms with van der Waals surface area (Å²) in [5.74, 6) is 0.935. The number of likely N-dealkylation sites (tertiary alicyclic amines) is 1. The summed E-state index contributed by atoms with van der Waals surface area (Å²) in [5.41, 5.74) is 4.20. The lowest BCUT2D eigenvalue weighted by molar-refractivity contribution is -0.150. The van der Waals surface area contributed by atoms with E-state index in [0.717, 1.165) is 71.5 Å². The number of halogens is 2. The second-order valence-electron chi connectivity index (χ2n) is 9.11. The maximum Gasteiger partial charge on any atom is 0.200 e. The molecule has 0 saturated carbocycles. The zero-order valence-electron chi connectivity index (χ0n) is 18.3. The molecule has 3 aromatic rings. The van der Waals surface area contributed by atoms with Crippen molar-refractivity contribution in [2.24, 2.45) is 5.10 Å². The van der Waals surface area contributed by atoms with Crippen molar-refractivity contribution in [3.05, 3.63) is 99.5 Å². The Labute approximate surface area is 204 Å². The zero-order chi connectivity index (χ0) is 22.4. The lowest BCUT2D eigenvalue weighted by Crippen LogP contribution is -2.59. The van der Waals surface area contributed by atoms with E-state index in [1.807, 2.05) is 30.3 Å². The van der Waals surface area contributed by atoms with Crippen LogP contribution in [0, 0.1) is 0 Å². The molecule has 1 fully saturated rings. The van der Waals surface area contributed by atoms with E-state index < -0.39 is 5.72 Å². The third-order valence-corrected chi connectivity index (χ3v) is 7.51. The Morgan fingerprint density at radius 3 is 2.39 bits per heavy atom. The fraction of sp³-hybridized carbons (Fsp3) is 0.296. The lowest BCUT2D eigenvalue weighted by atomic mass is 9.90. The molecule has 0 N–H and O–H groups in total. The number of hydrazone groups is 1. The number of hydrogen-bond donors (Lipinski definition) is 0. The summed E-state index contributed by atoms with van der Waals surface area (Å²) in [4.78, 5) is 2.51. The zero-order valence-corrected chi connectivity index (χ0v) is 19.8. The molecule has 0 aliphatic carbocycles. The van der Waals surface area contributed by atoms with E-state index in [-0.39, 0.29) is 6.04 Å². The maximum atomic E-state index is 6.74. The first kappa shape index (κ1) is 21.0. The first-order valence-electron chi connectivity index (χ1n) is 11.5. The average molecular weight is 478 g/mol. The SMILES string of the molecule is Clc1ccc(C2=NN3C(C2)c2cc(Cl)ccc2OC32CCN(Cc3ccccc3)CC2)cc1. The molecule has 1 saturated heterocycles. The van der Waals surface area contributed by atoms with Gasteiger partial charge >= 0.3 is 0 Å². The van der Waals surface area contributed by atoms with Gasteiger partial charge < -0.3 is 4.74 Å². The molecule has 0 aromatic heterocycles. The summed E-state index contributed by atoms with van der Waals surface area (Å²) in [7, 11) is 0. The van der Waals surface area contributed by atoms with E-state index in [4.69, 9.17) is 33.0 Å². The van der Waals surface area contributed by atoms with Crippen LogP contribution in [-0.2, 0) is 6.54 Å². The second-order valence-corrected chi connectivity index (χ2v) is 9.98. The van der Waals surface area contributed by atoms with Gasteiger partial charge in [-0.05, 0) is 41.5 Å². The second kappa shape index (κ2) is 8.35. The first-order valence-corrected chi connectivity index (χ1v) is 12.2. The molecule has 4 nitrogen and oxygen atoms in total. The molecule has 0 radical (unpaired) electrons. The summed E-state index contributed by atoms with van der Waals surface area (Å²) < 4.78 is 6.74. The van der Waals surface area contributed by atoms with E-state index in [1.54, 1.807) is 0 Å².